The molecular formula is C26H24N2O7S. The minimum atomic E-state index is -0.734. The van der Waals surface area contributed by atoms with Crippen molar-refractivity contribution in [3.05, 3.63) is 78.5 Å². The van der Waals surface area contributed by atoms with E-state index in [2.05, 4.69) is 4.99 Å². The van der Waals surface area contributed by atoms with Gasteiger partial charge in [0.2, 0.25) is 6.79 Å². The van der Waals surface area contributed by atoms with E-state index in [9.17, 15) is 9.59 Å². The first-order chi connectivity index (χ1) is 17.4. The average Bonchev–Trinajstić information content (AvgIpc) is 3.46. The van der Waals surface area contributed by atoms with Crippen LogP contribution in [0.4, 0.5) is 0 Å². The molecule has 0 saturated heterocycles. The van der Waals surface area contributed by atoms with Gasteiger partial charge in [-0.2, -0.15) is 0 Å². The topological polar surface area (TPSA) is 97.6 Å². The van der Waals surface area contributed by atoms with Gasteiger partial charge in [-0.05, 0) is 55.3 Å². The van der Waals surface area contributed by atoms with Gasteiger partial charge in [0.05, 0.1) is 42.7 Å². The molecule has 9 nitrogen and oxygen atoms in total. The molecule has 10 heteroatoms. The number of aromatic nitrogens is 1. The number of carbonyl (C=O) groups is 1. The zero-order valence-corrected chi connectivity index (χ0v) is 21.0. The molecule has 0 radical (unpaired) electrons. The number of hydrogen-bond acceptors (Lipinski definition) is 9. The second-order valence-electron chi connectivity index (χ2n) is 8.03. The number of benzene rings is 2. The average molecular weight is 509 g/mol. The van der Waals surface area contributed by atoms with Crippen molar-refractivity contribution in [2.24, 2.45) is 4.99 Å². The number of hydrogen-bond donors (Lipinski definition) is 0. The normalized spacial score (nSPS) is 16.4. The molecule has 1 unspecified atom stereocenters. The Hall–Kier alpha value is -4.05. The Bertz CT molecular complexity index is 1570. The van der Waals surface area contributed by atoms with Crippen LogP contribution in [0.25, 0.3) is 6.08 Å². The van der Waals surface area contributed by atoms with E-state index >= 15 is 0 Å². The lowest BCUT2D eigenvalue weighted by Gasteiger charge is -2.24. The van der Waals surface area contributed by atoms with Crippen molar-refractivity contribution in [3.8, 4) is 23.0 Å². The molecule has 2 aliphatic rings. The van der Waals surface area contributed by atoms with Crippen LogP contribution in [0, 0.1) is 0 Å². The third-order valence-corrected chi connectivity index (χ3v) is 6.92. The summed E-state index contributed by atoms with van der Waals surface area (Å²) in [4.78, 5) is 31.9. The molecule has 1 aromatic heterocycles. The number of rotatable bonds is 6. The van der Waals surface area contributed by atoms with Gasteiger partial charge >= 0.3 is 5.97 Å². The summed E-state index contributed by atoms with van der Waals surface area (Å²) in [7, 11) is 3.12. The Morgan fingerprint density at radius 2 is 1.92 bits per heavy atom. The van der Waals surface area contributed by atoms with Crippen molar-refractivity contribution in [3.63, 3.8) is 0 Å². The van der Waals surface area contributed by atoms with E-state index in [1.807, 2.05) is 12.1 Å². The largest absolute Gasteiger partial charge is 0.493 e. The summed E-state index contributed by atoms with van der Waals surface area (Å²) < 4.78 is 29.0. The van der Waals surface area contributed by atoms with Crippen LogP contribution in [0.3, 0.4) is 0 Å². The summed E-state index contributed by atoms with van der Waals surface area (Å²) in [6.07, 6.45) is 1.77. The second-order valence-corrected chi connectivity index (χ2v) is 9.04. The first kappa shape index (κ1) is 23.7. The van der Waals surface area contributed by atoms with Gasteiger partial charge in [0, 0.05) is 0 Å². The fraction of sp³-hybridized carbons (Fsp3) is 0.269. The summed E-state index contributed by atoms with van der Waals surface area (Å²) in [5, 5.41) is 0. The molecule has 3 aromatic rings. The minimum absolute atomic E-state index is 0.118. The fourth-order valence-electron chi connectivity index (χ4n) is 4.28. The predicted molar refractivity (Wildman–Crippen MR) is 133 cm³/mol. The highest BCUT2D eigenvalue weighted by molar-refractivity contribution is 7.07. The lowest BCUT2D eigenvalue weighted by molar-refractivity contribution is -0.139. The molecule has 2 aliphatic heterocycles. The van der Waals surface area contributed by atoms with E-state index in [-0.39, 0.29) is 19.0 Å². The van der Waals surface area contributed by atoms with Crippen LogP contribution in [0.2, 0.25) is 0 Å². The van der Waals surface area contributed by atoms with Crippen LogP contribution in [0.5, 0.6) is 23.0 Å². The standard InChI is InChI=1S/C26H24N2O7S/c1-5-33-25(30)22-14(2)27-26-28(23(22)16-7-9-18-20(12-16)35-13-34-18)24(29)21(36-26)11-15-6-8-17(31-3)19(10-15)32-4/h6-12,23H,5,13H2,1-4H3/b21-11-. The Morgan fingerprint density at radius 3 is 2.67 bits per heavy atom. The second kappa shape index (κ2) is 9.54. The number of allylic oxidation sites excluding steroid dienone is 1. The quantitative estimate of drug-likeness (QED) is 0.472. The molecule has 0 bridgehead atoms. The van der Waals surface area contributed by atoms with Crippen molar-refractivity contribution in [2.45, 2.75) is 19.9 Å². The highest BCUT2D eigenvalue weighted by Crippen LogP contribution is 2.38. The summed E-state index contributed by atoms with van der Waals surface area (Å²) in [6.45, 7) is 3.80. The van der Waals surface area contributed by atoms with Crippen molar-refractivity contribution in [1.29, 1.82) is 0 Å². The number of methoxy groups -OCH3 is 2. The number of fused-ring (bicyclic) bond motifs is 2. The van der Waals surface area contributed by atoms with Crippen molar-refractivity contribution in [2.75, 3.05) is 27.6 Å². The Labute approximate surface area is 210 Å². The fourth-order valence-corrected chi connectivity index (χ4v) is 5.33. The number of esters is 1. The summed E-state index contributed by atoms with van der Waals surface area (Å²) >= 11 is 1.25. The Balaban J connectivity index is 1.70. The van der Waals surface area contributed by atoms with Crippen LogP contribution >= 0.6 is 11.3 Å². The molecule has 5 rings (SSSR count). The molecule has 0 aliphatic carbocycles. The molecule has 2 aromatic carbocycles. The monoisotopic (exact) mass is 508 g/mol. The van der Waals surface area contributed by atoms with Crippen LogP contribution < -0.4 is 33.8 Å². The summed E-state index contributed by atoms with van der Waals surface area (Å²) in [5.74, 6) is 1.79. The van der Waals surface area contributed by atoms with Gasteiger partial charge in [-0.3, -0.25) is 9.36 Å². The van der Waals surface area contributed by atoms with E-state index in [0.717, 1.165) is 5.56 Å². The number of ether oxygens (including phenoxy) is 5. The minimum Gasteiger partial charge on any atom is -0.493 e. The van der Waals surface area contributed by atoms with E-state index in [1.54, 1.807) is 58.4 Å². The Morgan fingerprint density at radius 1 is 1.14 bits per heavy atom. The molecule has 0 fully saturated rings. The van der Waals surface area contributed by atoms with Gasteiger partial charge in [-0.25, -0.2) is 9.79 Å². The van der Waals surface area contributed by atoms with Gasteiger partial charge in [0.1, 0.15) is 0 Å². The van der Waals surface area contributed by atoms with Crippen molar-refractivity contribution < 1.29 is 28.5 Å². The van der Waals surface area contributed by atoms with Crippen molar-refractivity contribution >= 4 is 23.4 Å². The molecule has 36 heavy (non-hydrogen) atoms. The van der Waals surface area contributed by atoms with Gasteiger partial charge in [-0.1, -0.05) is 23.5 Å². The van der Waals surface area contributed by atoms with Gasteiger partial charge in [0.25, 0.3) is 5.56 Å². The van der Waals surface area contributed by atoms with Crippen LogP contribution in [0.15, 0.2) is 57.5 Å². The number of nitrogens with zero attached hydrogens (tertiary/aromatic N) is 2. The van der Waals surface area contributed by atoms with E-state index in [0.29, 0.717) is 49.2 Å². The molecule has 0 saturated carbocycles. The van der Waals surface area contributed by atoms with E-state index in [1.165, 1.54) is 15.9 Å². The zero-order valence-electron chi connectivity index (χ0n) is 20.2. The van der Waals surface area contributed by atoms with Gasteiger partial charge < -0.3 is 23.7 Å². The SMILES string of the molecule is CCOC(=O)C1=C(C)N=c2s/c(=C\c3ccc(OC)c(OC)c3)c(=O)n2C1c1ccc2c(c1)OCO2. The third kappa shape index (κ3) is 4.03. The number of thiazole rings is 1. The maximum atomic E-state index is 13.7. The van der Waals surface area contributed by atoms with E-state index < -0.39 is 12.0 Å². The maximum Gasteiger partial charge on any atom is 0.338 e. The maximum absolute atomic E-state index is 13.7. The molecule has 0 N–H and O–H groups in total. The highest BCUT2D eigenvalue weighted by atomic mass is 32.1. The first-order valence-corrected chi connectivity index (χ1v) is 12.1. The van der Waals surface area contributed by atoms with Crippen LogP contribution in [-0.2, 0) is 9.53 Å². The lowest BCUT2D eigenvalue weighted by Crippen LogP contribution is -2.39. The Kier molecular flexibility index (Phi) is 6.27. The zero-order chi connectivity index (χ0) is 25.4. The van der Waals surface area contributed by atoms with Crippen LogP contribution in [-0.4, -0.2) is 38.2 Å². The molecule has 0 amide bonds. The summed E-state index contributed by atoms with van der Waals surface area (Å²) in [6, 6.07) is 10.1. The molecule has 3 heterocycles. The van der Waals surface area contributed by atoms with Crippen molar-refractivity contribution in [1.82, 2.24) is 4.57 Å². The smallest absolute Gasteiger partial charge is 0.338 e. The predicted octanol–water partition coefficient (Wildman–Crippen LogP) is 2.54. The summed E-state index contributed by atoms with van der Waals surface area (Å²) in [5.41, 5.74) is 1.98. The van der Waals surface area contributed by atoms with Gasteiger partial charge in [-0.15, -0.1) is 0 Å². The highest BCUT2D eigenvalue weighted by Gasteiger charge is 2.34. The molecule has 186 valence electrons. The van der Waals surface area contributed by atoms with Gasteiger partial charge in [0.15, 0.2) is 27.8 Å². The lowest BCUT2D eigenvalue weighted by atomic mass is 9.95. The molecule has 1 atom stereocenters. The van der Waals surface area contributed by atoms with Crippen LogP contribution in [0.1, 0.15) is 31.0 Å². The van der Waals surface area contributed by atoms with E-state index in [4.69, 9.17) is 23.7 Å². The first-order valence-electron chi connectivity index (χ1n) is 11.3. The molecule has 0 spiro atoms. The number of carbonyl (C=O) groups excluding carboxylic acids is 1. The third-order valence-electron chi connectivity index (χ3n) is 5.93. The molecular weight excluding hydrogens is 484 g/mol.